The van der Waals surface area contributed by atoms with Crippen molar-refractivity contribution < 1.29 is 0 Å². The van der Waals surface area contributed by atoms with Gasteiger partial charge in [-0.1, -0.05) is 46.8 Å². The summed E-state index contributed by atoms with van der Waals surface area (Å²) < 4.78 is 0. The van der Waals surface area contributed by atoms with Crippen LogP contribution in [0.25, 0.3) is 0 Å². The summed E-state index contributed by atoms with van der Waals surface area (Å²) in [5.41, 5.74) is 1.81. The van der Waals surface area contributed by atoms with E-state index in [1.165, 1.54) is 18.4 Å². The molecule has 0 amide bonds. The van der Waals surface area contributed by atoms with Crippen LogP contribution in [-0.2, 0) is 0 Å². The van der Waals surface area contributed by atoms with E-state index in [0.29, 0.717) is 5.41 Å². The predicted octanol–water partition coefficient (Wildman–Crippen LogP) is 4.27. The van der Waals surface area contributed by atoms with Gasteiger partial charge in [0.25, 0.3) is 0 Å². The van der Waals surface area contributed by atoms with Gasteiger partial charge in [0.1, 0.15) is 0 Å². The fraction of sp³-hybridized carbons (Fsp3) is 0.846. The molecule has 0 aromatic carbocycles. The molecule has 0 heteroatoms. The number of rotatable bonds is 1. The Labute approximate surface area is 83.4 Å². The van der Waals surface area contributed by atoms with Gasteiger partial charge in [0.15, 0.2) is 0 Å². The van der Waals surface area contributed by atoms with E-state index in [4.69, 9.17) is 0 Å². The lowest BCUT2D eigenvalue weighted by molar-refractivity contribution is 0.111. The fourth-order valence-corrected chi connectivity index (χ4v) is 2.68. The zero-order chi connectivity index (χ0) is 10.2. The normalized spacial score (nSPS) is 33.8. The van der Waals surface area contributed by atoms with Crippen LogP contribution in [0.4, 0.5) is 0 Å². The number of allylic oxidation sites excluding steroid dienone is 1. The quantitative estimate of drug-likeness (QED) is 0.529. The zero-order valence-corrected chi connectivity index (χ0v) is 9.85. The van der Waals surface area contributed by atoms with Crippen molar-refractivity contribution in [2.45, 2.75) is 47.5 Å². The van der Waals surface area contributed by atoms with Gasteiger partial charge in [-0.05, 0) is 36.0 Å². The highest BCUT2D eigenvalue weighted by Crippen LogP contribution is 2.48. The highest BCUT2D eigenvalue weighted by atomic mass is 14.4. The predicted molar refractivity (Wildman–Crippen MR) is 59.6 cm³/mol. The van der Waals surface area contributed by atoms with E-state index >= 15 is 0 Å². The van der Waals surface area contributed by atoms with Crippen LogP contribution < -0.4 is 0 Å². The van der Waals surface area contributed by atoms with Crippen molar-refractivity contribution in [3.63, 3.8) is 0 Å². The molecule has 1 aliphatic rings. The molecule has 0 N–H and O–H groups in total. The van der Waals surface area contributed by atoms with E-state index in [2.05, 4.69) is 41.2 Å². The van der Waals surface area contributed by atoms with Crippen LogP contribution in [-0.4, -0.2) is 0 Å². The molecule has 0 nitrogen and oxygen atoms in total. The minimum Gasteiger partial charge on any atom is -0.0993 e. The first-order valence-corrected chi connectivity index (χ1v) is 5.55. The van der Waals surface area contributed by atoms with E-state index in [0.717, 1.165) is 17.8 Å². The van der Waals surface area contributed by atoms with Gasteiger partial charge >= 0.3 is 0 Å². The molecule has 76 valence electrons. The minimum absolute atomic E-state index is 0.354. The molecule has 0 bridgehead atoms. The molecule has 1 rings (SSSR count). The van der Waals surface area contributed by atoms with Crippen LogP contribution in [0.1, 0.15) is 47.5 Å². The van der Waals surface area contributed by atoms with E-state index in [-0.39, 0.29) is 0 Å². The molecule has 0 spiro atoms. The van der Waals surface area contributed by atoms with Crippen molar-refractivity contribution in [3.8, 4) is 0 Å². The molecule has 0 heterocycles. The molecule has 0 aromatic heterocycles. The summed E-state index contributed by atoms with van der Waals surface area (Å²) in [5.74, 6) is 2.50. The van der Waals surface area contributed by atoms with Gasteiger partial charge in [-0.15, -0.1) is 0 Å². The van der Waals surface area contributed by atoms with Gasteiger partial charge in [0.05, 0.1) is 0 Å². The molecule has 1 saturated carbocycles. The van der Waals surface area contributed by atoms with Gasteiger partial charge in [-0.2, -0.15) is 0 Å². The molecule has 0 saturated heterocycles. The highest BCUT2D eigenvalue weighted by Gasteiger charge is 2.39. The Bertz CT molecular complexity index is 198. The smallest absolute Gasteiger partial charge is 0.0119 e. The van der Waals surface area contributed by atoms with Crippen molar-refractivity contribution in [1.29, 1.82) is 0 Å². The molecule has 0 aromatic rings. The highest BCUT2D eigenvalue weighted by molar-refractivity contribution is 5.13. The summed E-state index contributed by atoms with van der Waals surface area (Å²) in [5, 5.41) is 0. The van der Waals surface area contributed by atoms with Gasteiger partial charge in [-0.3, -0.25) is 0 Å². The van der Waals surface area contributed by atoms with Gasteiger partial charge in [-0.25, -0.2) is 0 Å². The summed E-state index contributed by atoms with van der Waals surface area (Å²) in [6, 6.07) is 0. The van der Waals surface area contributed by atoms with Gasteiger partial charge in [0, 0.05) is 0 Å². The third kappa shape index (κ3) is 1.82. The third-order valence-corrected chi connectivity index (χ3v) is 4.33. The SMILES string of the molecule is C=C1CCC(C(C)C)C(C)C1(C)C. The molecular formula is C13H24. The Hall–Kier alpha value is -0.260. The standard InChI is InChI=1S/C13H24/c1-9(2)12-8-7-10(3)13(5,6)11(12)4/h9,11-12H,3,7-8H2,1-2,4-6H3. The molecule has 0 radical (unpaired) electrons. The van der Waals surface area contributed by atoms with E-state index in [1.807, 2.05) is 0 Å². The maximum Gasteiger partial charge on any atom is -0.0119 e. The van der Waals surface area contributed by atoms with Gasteiger partial charge in [0.2, 0.25) is 0 Å². The van der Waals surface area contributed by atoms with Crippen LogP contribution in [0, 0.1) is 23.2 Å². The summed E-state index contributed by atoms with van der Waals surface area (Å²) in [7, 11) is 0. The molecule has 13 heavy (non-hydrogen) atoms. The Kier molecular flexibility index (Phi) is 2.89. The molecular weight excluding hydrogens is 156 g/mol. The third-order valence-electron chi connectivity index (χ3n) is 4.33. The summed E-state index contributed by atoms with van der Waals surface area (Å²) >= 11 is 0. The first-order valence-electron chi connectivity index (χ1n) is 5.55. The fourth-order valence-electron chi connectivity index (χ4n) is 2.68. The number of hydrogen-bond acceptors (Lipinski definition) is 0. The van der Waals surface area contributed by atoms with E-state index < -0.39 is 0 Å². The first-order chi connectivity index (χ1) is 5.87. The van der Waals surface area contributed by atoms with E-state index in [1.54, 1.807) is 0 Å². The number of hydrogen-bond donors (Lipinski definition) is 0. The van der Waals surface area contributed by atoms with Crippen molar-refractivity contribution in [3.05, 3.63) is 12.2 Å². The molecule has 2 atom stereocenters. The summed E-state index contributed by atoms with van der Waals surface area (Å²) in [6.45, 7) is 16.0. The maximum absolute atomic E-state index is 4.21. The molecule has 0 aliphatic heterocycles. The first kappa shape index (κ1) is 10.8. The summed E-state index contributed by atoms with van der Waals surface area (Å²) in [4.78, 5) is 0. The lowest BCUT2D eigenvalue weighted by Crippen LogP contribution is -2.36. The second-order valence-electron chi connectivity index (χ2n) is 5.56. The average molecular weight is 180 g/mol. The Morgan fingerprint density at radius 3 is 2.38 bits per heavy atom. The van der Waals surface area contributed by atoms with Crippen molar-refractivity contribution in [2.75, 3.05) is 0 Å². The van der Waals surface area contributed by atoms with Crippen LogP contribution in [0.2, 0.25) is 0 Å². The monoisotopic (exact) mass is 180 g/mol. The van der Waals surface area contributed by atoms with Crippen LogP contribution >= 0.6 is 0 Å². The molecule has 1 fully saturated rings. The second kappa shape index (κ2) is 3.48. The Morgan fingerprint density at radius 1 is 1.38 bits per heavy atom. The average Bonchev–Trinajstić information content (AvgIpc) is 2.01. The molecule has 1 aliphatic carbocycles. The lowest BCUT2D eigenvalue weighted by atomic mass is 9.60. The van der Waals surface area contributed by atoms with Crippen LogP contribution in [0.3, 0.4) is 0 Å². The summed E-state index contributed by atoms with van der Waals surface area (Å²) in [6.07, 6.45) is 2.58. The van der Waals surface area contributed by atoms with E-state index in [9.17, 15) is 0 Å². The zero-order valence-electron chi connectivity index (χ0n) is 9.85. The van der Waals surface area contributed by atoms with Crippen LogP contribution in [0.15, 0.2) is 12.2 Å². The minimum atomic E-state index is 0.354. The largest absolute Gasteiger partial charge is 0.0993 e. The second-order valence-corrected chi connectivity index (χ2v) is 5.56. The van der Waals surface area contributed by atoms with Crippen molar-refractivity contribution in [1.82, 2.24) is 0 Å². The van der Waals surface area contributed by atoms with Gasteiger partial charge < -0.3 is 0 Å². The Morgan fingerprint density at radius 2 is 1.92 bits per heavy atom. The molecule has 2 unspecified atom stereocenters. The maximum atomic E-state index is 4.21. The topological polar surface area (TPSA) is 0 Å². The van der Waals surface area contributed by atoms with Crippen LogP contribution in [0.5, 0.6) is 0 Å². The lowest BCUT2D eigenvalue weighted by Gasteiger charge is -2.45. The van der Waals surface area contributed by atoms with Crippen molar-refractivity contribution in [2.24, 2.45) is 23.2 Å². The van der Waals surface area contributed by atoms with Crippen molar-refractivity contribution >= 4 is 0 Å². The Balaban J connectivity index is 2.82.